The molecule has 0 bridgehead atoms. The first-order valence-electron chi connectivity index (χ1n) is 6.81. The predicted octanol–water partition coefficient (Wildman–Crippen LogP) is 2.46. The second kappa shape index (κ2) is 5.77. The van der Waals surface area contributed by atoms with Gasteiger partial charge in [-0.3, -0.25) is 4.79 Å². The number of nitrogen functional groups attached to an aromatic ring is 1. The molecule has 106 valence electrons. The first kappa shape index (κ1) is 14.1. The number of hydrogen-bond donors (Lipinski definition) is 3. The summed E-state index contributed by atoms with van der Waals surface area (Å²) < 4.78 is 0. The van der Waals surface area contributed by atoms with Gasteiger partial charge in [-0.05, 0) is 39.5 Å². The Hall–Kier alpha value is -1.30. The van der Waals surface area contributed by atoms with Crippen molar-refractivity contribution in [2.24, 2.45) is 5.92 Å². The molecule has 0 saturated heterocycles. The number of amides is 1. The molecule has 19 heavy (non-hydrogen) atoms. The van der Waals surface area contributed by atoms with Crippen LogP contribution in [0.3, 0.4) is 0 Å². The number of aromatic nitrogens is 1. The zero-order valence-corrected chi connectivity index (χ0v) is 12.5. The van der Waals surface area contributed by atoms with E-state index in [-0.39, 0.29) is 18.0 Å². The molecule has 1 amide bonds. The van der Waals surface area contributed by atoms with Crippen LogP contribution in [0.1, 0.15) is 49.7 Å². The number of thiazole rings is 1. The molecule has 4 N–H and O–H groups in total. The summed E-state index contributed by atoms with van der Waals surface area (Å²) in [6.07, 6.45) is 3.69. The molecule has 1 fully saturated rings. The molecule has 1 saturated carbocycles. The van der Waals surface area contributed by atoms with Crippen LogP contribution in [0.4, 0.5) is 10.9 Å². The van der Waals surface area contributed by atoms with Gasteiger partial charge in [-0.25, -0.2) is 4.98 Å². The lowest BCUT2D eigenvalue weighted by Gasteiger charge is -2.31. The highest BCUT2D eigenvalue weighted by Gasteiger charge is 2.26. The van der Waals surface area contributed by atoms with Gasteiger partial charge in [0, 0.05) is 12.1 Å². The van der Waals surface area contributed by atoms with E-state index in [0.717, 1.165) is 0 Å². The molecule has 2 rings (SSSR count). The van der Waals surface area contributed by atoms with Gasteiger partial charge >= 0.3 is 0 Å². The third kappa shape index (κ3) is 3.37. The van der Waals surface area contributed by atoms with E-state index in [1.807, 2.05) is 13.8 Å². The molecule has 0 radical (unpaired) electrons. The molecule has 0 aromatic carbocycles. The van der Waals surface area contributed by atoms with Crippen molar-refractivity contribution in [2.75, 3.05) is 11.1 Å². The number of anilines is 2. The molecule has 0 spiro atoms. The monoisotopic (exact) mass is 282 g/mol. The fraction of sp³-hybridized carbons (Fsp3) is 0.692. The van der Waals surface area contributed by atoms with Crippen LogP contribution in [0.15, 0.2) is 0 Å². The largest absolute Gasteiger partial charge is 0.382 e. The molecule has 0 aliphatic heterocycles. The van der Waals surface area contributed by atoms with Crippen molar-refractivity contribution in [3.8, 4) is 0 Å². The van der Waals surface area contributed by atoms with Gasteiger partial charge in [-0.2, -0.15) is 0 Å². The van der Waals surface area contributed by atoms with Crippen molar-refractivity contribution in [1.29, 1.82) is 0 Å². The highest BCUT2D eigenvalue weighted by molar-refractivity contribution is 7.18. The minimum Gasteiger partial charge on any atom is -0.382 e. The minimum absolute atomic E-state index is 0.105. The molecule has 1 aliphatic rings. The summed E-state index contributed by atoms with van der Waals surface area (Å²) in [5.74, 6) is 0.823. The van der Waals surface area contributed by atoms with Crippen LogP contribution >= 0.6 is 11.3 Å². The van der Waals surface area contributed by atoms with Crippen molar-refractivity contribution in [1.82, 2.24) is 10.3 Å². The Morgan fingerprint density at radius 1 is 1.42 bits per heavy atom. The summed E-state index contributed by atoms with van der Waals surface area (Å²) in [7, 11) is 0. The standard InChI is InChI=1S/C13H22N4OS/c1-7(2)15-13-17-11(14)10(19-13)12(18)16-8(3)9-5-4-6-9/h7-9H,4-6,14H2,1-3H3,(H,15,17)(H,16,18). The van der Waals surface area contributed by atoms with Gasteiger partial charge in [-0.15, -0.1) is 0 Å². The summed E-state index contributed by atoms with van der Waals surface area (Å²) in [6.45, 7) is 6.11. The van der Waals surface area contributed by atoms with Crippen LogP contribution < -0.4 is 16.4 Å². The average Bonchev–Trinajstić information content (AvgIpc) is 2.55. The summed E-state index contributed by atoms with van der Waals surface area (Å²) >= 11 is 1.32. The molecule has 5 nitrogen and oxygen atoms in total. The van der Waals surface area contributed by atoms with Crippen LogP contribution in [0.25, 0.3) is 0 Å². The van der Waals surface area contributed by atoms with E-state index in [4.69, 9.17) is 5.73 Å². The van der Waals surface area contributed by atoms with E-state index >= 15 is 0 Å². The Labute approximate surface area is 118 Å². The SMILES string of the molecule is CC(C)Nc1nc(N)c(C(=O)NC(C)C2CCC2)s1. The van der Waals surface area contributed by atoms with Gasteiger partial charge in [0.05, 0.1) is 0 Å². The maximum absolute atomic E-state index is 12.2. The van der Waals surface area contributed by atoms with Crippen LogP contribution in [0.5, 0.6) is 0 Å². The van der Waals surface area contributed by atoms with Gasteiger partial charge in [0.2, 0.25) is 0 Å². The Morgan fingerprint density at radius 2 is 2.11 bits per heavy atom. The first-order valence-corrected chi connectivity index (χ1v) is 7.62. The number of rotatable bonds is 5. The zero-order chi connectivity index (χ0) is 14.0. The van der Waals surface area contributed by atoms with Gasteiger partial charge < -0.3 is 16.4 Å². The molecular formula is C13H22N4OS. The Balaban J connectivity index is 1.99. The maximum atomic E-state index is 12.2. The second-order valence-electron chi connectivity index (χ2n) is 5.49. The zero-order valence-electron chi connectivity index (χ0n) is 11.7. The number of nitrogens with two attached hydrogens (primary N) is 1. The minimum atomic E-state index is -0.105. The Morgan fingerprint density at radius 3 is 2.63 bits per heavy atom. The van der Waals surface area contributed by atoms with E-state index in [0.29, 0.717) is 21.7 Å². The lowest BCUT2D eigenvalue weighted by atomic mass is 9.80. The molecular weight excluding hydrogens is 260 g/mol. The van der Waals surface area contributed by atoms with E-state index in [2.05, 4.69) is 22.5 Å². The number of carbonyl (C=O) groups is 1. The second-order valence-corrected chi connectivity index (χ2v) is 6.48. The van der Waals surface area contributed by atoms with E-state index in [9.17, 15) is 4.79 Å². The smallest absolute Gasteiger partial charge is 0.265 e. The van der Waals surface area contributed by atoms with Gasteiger partial charge in [-0.1, -0.05) is 17.8 Å². The third-order valence-corrected chi connectivity index (χ3v) is 4.49. The van der Waals surface area contributed by atoms with Crippen molar-refractivity contribution >= 4 is 28.2 Å². The fourth-order valence-corrected chi connectivity index (χ4v) is 3.07. The summed E-state index contributed by atoms with van der Waals surface area (Å²) in [5, 5.41) is 6.90. The Kier molecular flexibility index (Phi) is 4.29. The Bertz CT molecular complexity index is 453. The molecule has 1 atom stereocenters. The number of nitrogens with zero attached hydrogens (tertiary/aromatic N) is 1. The predicted molar refractivity (Wildman–Crippen MR) is 79.6 cm³/mol. The van der Waals surface area contributed by atoms with E-state index in [1.165, 1.54) is 30.6 Å². The highest BCUT2D eigenvalue weighted by atomic mass is 32.1. The van der Waals surface area contributed by atoms with Gasteiger partial charge in [0.1, 0.15) is 10.7 Å². The normalized spacial score (nSPS) is 17.1. The maximum Gasteiger partial charge on any atom is 0.265 e. The van der Waals surface area contributed by atoms with Crippen LogP contribution in [0.2, 0.25) is 0 Å². The average molecular weight is 282 g/mol. The number of nitrogens with one attached hydrogen (secondary N) is 2. The molecule has 6 heteroatoms. The summed E-state index contributed by atoms with van der Waals surface area (Å²) in [6, 6.07) is 0.486. The van der Waals surface area contributed by atoms with Crippen molar-refractivity contribution in [3.05, 3.63) is 4.88 Å². The van der Waals surface area contributed by atoms with Gasteiger partial charge in [0.25, 0.3) is 5.91 Å². The summed E-state index contributed by atoms with van der Waals surface area (Å²) in [5.41, 5.74) is 5.81. The quantitative estimate of drug-likeness (QED) is 0.775. The number of hydrogen-bond acceptors (Lipinski definition) is 5. The van der Waals surface area contributed by atoms with Gasteiger partial charge in [0.15, 0.2) is 5.13 Å². The molecule has 1 aliphatic carbocycles. The molecule has 1 aromatic heterocycles. The van der Waals surface area contributed by atoms with Crippen molar-refractivity contribution in [2.45, 2.75) is 52.1 Å². The van der Waals surface area contributed by atoms with E-state index < -0.39 is 0 Å². The first-order chi connectivity index (χ1) is 8.97. The van der Waals surface area contributed by atoms with E-state index in [1.54, 1.807) is 0 Å². The highest BCUT2D eigenvalue weighted by Crippen LogP contribution is 2.30. The van der Waals surface area contributed by atoms with Crippen LogP contribution in [0, 0.1) is 5.92 Å². The fourth-order valence-electron chi connectivity index (χ4n) is 2.13. The topological polar surface area (TPSA) is 80.0 Å². The van der Waals surface area contributed by atoms with Crippen molar-refractivity contribution < 1.29 is 4.79 Å². The lowest BCUT2D eigenvalue weighted by Crippen LogP contribution is -2.40. The number of carbonyl (C=O) groups excluding carboxylic acids is 1. The molecule has 1 unspecified atom stereocenters. The summed E-state index contributed by atoms with van der Waals surface area (Å²) in [4.78, 5) is 16.9. The molecule has 1 heterocycles. The lowest BCUT2D eigenvalue weighted by molar-refractivity contribution is 0.0914. The van der Waals surface area contributed by atoms with Crippen LogP contribution in [-0.2, 0) is 0 Å². The third-order valence-electron chi connectivity index (χ3n) is 3.49. The molecule has 1 aromatic rings. The van der Waals surface area contributed by atoms with Crippen molar-refractivity contribution in [3.63, 3.8) is 0 Å². The van der Waals surface area contributed by atoms with Crippen LogP contribution in [-0.4, -0.2) is 23.0 Å².